The van der Waals surface area contributed by atoms with Crippen molar-refractivity contribution < 1.29 is 14.6 Å². The van der Waals surface area contributed by atoms with Gasteiger partial charge >= 0.3 is 5.97 Å². The van der Waals surface area contributed by atoms with Crippen LogP contribution in [-0.2, 0) is 17.8 Å². The van der Waals surface area contributed by atoms with Gasteiger partial charge in [0, 0.05) is 23.7 Å². The predicted molar refractivity (Wildman–Crippen MR) is 129 cm³/mol. The lowest BCUT2D eigenvalue weighted by Crippen LogP contribution is -2.06. The minimum Gasteiger partial charge on any atom is -0.494 e. The molecule has 0 bridgehead atoms. The van der Waals surface area contributed by atoms with E-state index in [4.69, 9.17) is 21.0 Å². The molecule has 0 aliphatic carbocycles. The number of hydrogen-bond acceptors (Lipinski definition) is 4. The summed E-state index contributed by atoms with van der Waals surface area (Å²) in [6.07, 6.45) is 6.54. The Labute approximate surface area is 188 Å². The number of nitrogens with two attached hydrogens (primary N) is 1. The molecule has 2 aromatic carbocycles. The van der Waals surface area contributed by atoms with Crippen LogP contribution in [0.25, 0.3) is 10.9 Å². The summed E-state index contributed by atoms with van der Waals surface area (Å²) in [7, 11) is 0. The molecular weight excluding hydrogens is 402 g/mol. The van der Waals surface area contributed by atoms with Gasteiger partial charge in [0.1, 0.15) is 5.75 Å². The van der Waals surface area contributed by atoms with Crippen molar-refractivity contribution in [2.75, 3.05) is 6.61 Å². The molecule has 1 aromatic heterocycles. The van der Waals surface area contributed by atoms with Gasteiger partial charge in [0.25, 0.3) is 0 Å². The summed E-state index contributed by atoms with van der Waals surface area (Å²) >= 11 is 0. The number of carbonyl (C=O) groups is 1. The molecule has 32 heavy (non-hydrogen) atoms. The number of carboxylic acid groups (broad SMARTS) is 1. The first-order valence-electron chi connectivity index (χ1n) is 10.8. The van der Waals surface area contributed by atoms with Crippen LogP contribution in [-0.4, -0.2) is 28.0 Å². The highest BCUT2D eigenvalue weighted by Gasteiger charge is 2.15. The highest BCUT2D eigenvalue weighted by molar-refractivity contribution is 6.14. The van der Waals surface area contributed by atoms with Crippen LogP contribution >= 0.6 is 0 Å². The van der Waals surface area contributed by atoms with Gasteiger partial charge < -0.3 is 25.6 Å². The normalized spacial score (nSPS) is 11.3. The van der Waals surface area contributed by atoms with Crippen molar-refractivity contribution in [1.29, 1.82) is 5.41 Å². The van der Waals surface area contributed by atoms with E-state index in [1.54, 1.807) is 6.08 Å². The van der Waals surface area contributed by atoms with Crippen molar-refractivity contribution in [3.05, 3.63) is 76.6 Å². The molecule has 0 spiro atoms. The maximum atomic E-state index is 11.2. The van der Waals surface area contributed by atoms with Crippen molar-refractivity contribution in [3.8, 4) is 5.75 Å². The van der Waals surface area contributed by atoms with Crippen molar-refractivity contribution >= 4 is 22.6 Å². The van der Waals surface area contributed by atoms with E-state index in [-0.39, 0.29) is 6.42 Å². The number of aliphatic carboxylic acids is 1. The van der Waals surface area contributed by atoms with Crippen LogP contribution in [0.4, 0.5) is 0 Å². The van der Waals surface area contributed by atoms with Crippen LogP contribution in [0.3, 0.4) is 0 Å². The van der Waals surface area contributed by atoms with Gasteiger partial charge in [-0.1, -0.05) is 18.2 Å². The van der Waals surface area contributed by atoms with E-state index in [2.05, 4.69) is 32.9 Å². The molecule has 168 valence electrons. The van der Waals surface area contributed by atoms with Gasteiger partial charge in [-0.15, -0.1) is 0 Å². The fraction of sp³-hybridized carbons (Fsp3) is 0.308. The number of nitrogens with one attached hydrogen (secondary N) is 1. The summed E-state index contributed by atoms with van der Waals surface area (Å²) in [6, 6.07) is 9.97. The Morgan fingerprint density at radius 2 is 1.94 bits per heavy atom. The zero-order valence-corrected chi connectivity index (χ0v) is 18.9. The highest BCUT2D eigenvalue weighted by Crippen LogP contribution is 2.27. The van der Waals surface area contributed by atoms with Gasteiger partial charge in [0.15, 0.2) is 0 Å². The third-order valence-electron chi connectivity index (χ3n) is 5.86. The number of carboxylic acids is 1. The molecule has 0 aliphatic heterocycles. The number of aromatic nitrogens is 1. The Balaban J connectivity index is 1.81. The molecule has 0 aliphatic rings. The number of ether oxygens (including phenoxy) is 1. The van der Waals surface area contributed by atoms with Crippen molar-refractivity contribution in [2.45, 2.75) is 46.6 Å². The van der Waals surface area contributed by atoms with Gasteiger partial charge in [-0.3, -0.25) is 4.79 Å². The molecule has 0 amide bonds. The van der Waals surface area contributed by atoms with Crippen LogP contribution in [0, 0.1) is 26.2 Å². The average Bonchev–Trinajstić information content (AvgIpc) is 3.11. The monoisotopic (exact) mass is 433 g/mol. The van der Waals surface area contributed by atoms with E-state index in [0.29, 0.717) is 18.9 Å². The smallest absolute Gasteiger partial charge is 0.305 e. The summed E-state index contributed by atoms with van der Waals surface area (Å²) in [5, 5.41) is 18.5. The van der Waals surface area contributed by atoms with Crippen LogP contribution in [0.5, 0.6) is 5.75 Å². The van der Waals surface area contributed by atoms with Crippen molar-refractivity contribution in [2.24, 2.45) is 5.73 Å². The molecule has 0 atom stereocenters. The number of aryl methyl sites for hydroxylation is 4. The number of para-hydroxylation sites is 1. The highest BCUT2D eigenvalue weighted by atomic mass is 16.5. The minimum absolute atomic E-state index is 0.0207. The Bertz CT molecular complexity index is 1150. The molecule has 0 saturated carbocycles. The number of allylic oxidation sites excluding steroid dienone is 1. The van der Waals surface area contributed by atoms with E-state index in [0.717, 1.165) is 40.6 Å². The summed E-state index contributed by atoms with van der Waals surface area (Å²) in [6.45, 7) is 7.24. The molecule has 3 aromatic rings. The quantitative estimate of drug-likeness (QED) is 0.313. The number of benzene rings is 2. The van der Waals surface area contributed by atoms with E-state index in [9.17, 15) is 4.79 Å². The Morgan fingerprint density at radius 3 is 2.59 bits per heavy atom. The first kappa shape index (κ1) is 23.1. The van der Waals surface area contributed by atoms with Crippen LogP contribution in [0.1, 0.15) is 40.7 Å². The van der Waals surface area contributed by atoms with E-state index in [1.807, 2.05) is 29.0 Å². The maximum Gasteiger partial charge on any atom is 0.305 e. The molecule has 3 rings (SSSR count). The van der Waals surface area contributed by atoms with Crippen molar-refractivity contribution in [3.63, 3.8) is 0 Å². The number of fused-ring (bicyclic) bond motifs is 1. The predicted octanol–water partition coefficient (Wildman–Crippen LogP) is 4.89. The van der Waals surface area contributed by atoms with Gasteiger partial charge in [0.05, 0.1) is 24.3 Å². The zero-order valence-electron chi connectivity index (χ0n) is 18.9. The number of nitrogens with zero attached hydrogens (tertiary/aromatic N) is 1. The number of rotatable bonds is 10. The van der Waals surface area contributed by atoms with Gasteiger partial charge in [0.2, 0.25) is 0 Å². The zero-order chi connectivity index (χ0) is 23.3. The molecule has 6 heteroatoms. The molecular formula is C26H31N3O3. The van der Waals surface area contributed by atoms with Crippen LogP contribution < -0.4 is 10.5 Å². The average molecular weight is 434 g/mol. The lowest BCUT2D eigenvalue weighted by molar-refractivity contribution is -0.137. The molecule has 0 radical (unpaired) electrons. The maximum absolute atomic E-state index is 11.2. The second kappa shape index (κ2) is 10.2. The molecule has 1 heterocycles. The van der Waals surface area contributed by atoms with Crippen LogP contribution in [0.2, 0.25) is 0 Å². The second-order valence-electron chi connectivity index (χ2n) is 8.10. The summed E-state index contributed by atoms with van der Waals surface area (Å²) in [5.74, 6) is 0.0405. The molecule has 0 unspecified atom stereocenters. The van der Waals surface area contributed by atoms with Gasteiger partial charge in [-0.2, -0.15) is 0 Å². The lowest BCUT2D eigenvalue weighted by atomic mass is 10.0. The third-order valence-corrected chi connectivity index (χ3v) is 5.86. The Morgan fingerprint density at radius 1 is 1.22 bits per heavy atom. The Hall–Kier alpha value is -3.54. The second-order valence-corrected chi connectivity index (χ2v) is 8.10. The van der Waals surface area contributed by atoms with Gasteiger partial charge in [-0.05, 0) is 80.3 Å². The standard InChI is InChI=1S/C26H31N3O3/c1-17-14-21(15-18(2)19(17)3)32-13-5-6-20-16-29(12-10-25(30)31)26-22(20)7-4-8-23(26)24(28)9-11-27/h4,7-9,11,14-16,28H,5-6,10,12-13,27H2,1-3H3,(H,30,31)/b11-9-,28-24?. The fourth-order valence-electron chi connectivity index (χ4n) is 3.96. The number of hydrogen-bond donors (Lipinski definition) is 3. The molecule has 6 nitrogen and oxygen atoms in total. The SMILES string of the molecule is Cc1cc(OCCCc2cn(CCC(=O)O)c3c(C(=N)/C=C\N)cccc23)cc(C)c1C. The third kappa shape index (κ3) is 5.19. The first-order chi connectivity index (χ1) is 15.3. The van der Waals surface area contributed by atoms with E-state index >= 15 is 0 Å². The molecule has 0 saturated heterocycles. The minimum atomic E-state index is -0.847. The van der Waals surface area contributed by atoms with E-state index < -0.39 is 5.97 Å². The molecule has 4 N–H and O–H groups in total. The largest absolute Gasteiger partial charge is 0.494 e. The first-order valence-corrected chi connectivity index (χ1v) is 10.8. The van der Waals surface area contributed by atoms with Crippen molar-refractivity contribution in [1.82, 2.24) is 4.57 Å². The van der Waals surface area contributed by atoms with Gasteiger partial charge in [-0.25, -0.2) is 0 Å². The van der Waals surface area contributed by atoms with E-state index in [1.165, 1.54) is 22.9 Å². The summed E-state index contributed by atoms with van der Waals surface area (Å²) in [5.41, 5.74) is 12.3. The summed E-state index contributed by atoms with van der Waals surface area (Å²) < 4.78 is 7.94. The van der Waals surface area contributed by atoms with Crippen LogP contribution in [0.15, 0.2) is 48.8 Å². The summed E-state index contributed by atoms with van der Waals surface area (Å²) in [4.78, 5) is 11.2. The fourth-order valence-corrected chi connectivity index (χ4v) is 3.96. The lowest BCUT2D eigenvalue weighted by Gasteiger charge is -2.11. The molecule has 0 fully saturated rings. The topological polar surface area (TPSA) is 101 Å². The Kier molecular flexibility index (Phi) is 7.36.